The van der Waals surface area contributed by atoms with Crippen LogP contribution in [0, 0.1) is 0 Å². The molecule has 11 heteroatoms. The number of aromatic nitrogens is 4. The lowest BCUT2D eigenvalue weighted by Gasteiger charge is -2.17. The van der Waals surface area contributed by atoms with Crippen LogP contribution in [0.2, 0.25) is 0 Å². The van der Waals surface area contributed by atoms with Gasteiger partial charge in [0.25, 0.3) is 5.56 Å². The first-order valence-corrected chi connectivity index (χ1v) is 11.6. The van der Waals surface area contributed by atoms with Crippen molar-refractivity contribution in [1.29, 1.82) is 0 Å². The zero-order valence-corrected chi connectivity index (χ0v) is 19.5. The number of amides is 1. The van der Waals surface area contributed by atoms with Gasteiger partial charge in [-0.3, -0.25) is 18.6 Å². The lowest BCUT2D eigenvalue weighted by molar-refractivity contribution is -0.127. The first-order chi connectivity index (χ1) is 16.4. The summed E-state index contributed by atoms with van der Waals surface area (Å²) in [7, 11) is 1.67. The molecule has 0 saturated heterocycles. The Hall–Kier alpha value is -3.47. The van der Waals surface area contributed by atoms with Crippen LogP contribution in [-0.4, -0.2) is 49.4 Å². The number of halogens is 2. The number of hydrogen-bond donors (Lipinski definition) is 0. The van der Waals surface area contributed by atoms with Gasteiger partial charge in [-0.25, -0.2) is 0 Å². The molecule has 0 aliphatic heterocycles. The van der Waals surface area contributed by atoms with E-state index in [2.05, 4.69) is 14.9 Å². The van der Waals surface area contributed by atoms with Gasteiger partial charge in [0.15, 0.2) is 5.16 Å². The molecule has 0 unspecified atom stereocenters. The van der Waals surface area contributed by atoms with Crippen LogP contribution < -0.4 is 10.3 Å². The van der Waals surface area contributed by atoms with Crippen molar-refractivity contribution in [3.63, 3.8) is 0 Å². The number of benzene rings is 2. The average molecular weight is 488 g/mol. The Balaban J connectivity index is 1.51. The van der Waals surface area contributed by atoms with E-state index < -0.39 is 6.61 Å². The SMILES string of the molecule is CCCn1c(=O)c2ccccc2n2c(SCC(=O)N(C)Cc3ccc(OC(F)F)cc3)nnc12. The quantitative estimate of drug-likeness (QED) is 0.334. The zero-order valence-electron chi connectivity index (χ0n) is 18.6. The minimum absolute atomic E-state index is 0.0655. The molecule has 0 aliphatic carbocycles. The second kappa shape index (κ2) is 10.2. The molecule has 178 valence electrons. The highest BCUT2D eigenvalue weighted by molar-refractivity contribution is 7.99. The summed E-state index contributed by atoms with van der Waals surface area (Å²) >= 11 is 1.24. The van der Waals surface area contributed by atoms with Crippen LogP contribution in [0.4, 0.5) is 8.78 Å². The number of hydrogen-bond acceptors (Lipinski definition) is 6. The predicted molar refractivity (Wildman–Crippen MR) is 125 cm³/mol. The second-order valence-corrected chi connectivity index (χ2v) is 8.60. The summed E-state index contributed by atoms with van der Waals surface area (Å²) in [5.41, 5.74) is 1.36. The third-order valence-corrected chi connectivity index (χ3v) is 6.16. The fourth-order valence-electron chi connectivity index (χ4n) is 3.63. The molecule has 0 radical (unpaired) electrons. The molecule has 4 rings (SSSR count). The van der Waals surface area contributed by atoms with Gasteiger partial charge in [-0.1, -0.05) is 43.0 Å². The average Bonchev–Trinajstić information content (AvgIpc) is 3.25. The smallest absolute Gasteiger partial charge is 0.387 e. The van der Waals surface area contributed by atoms with Gasteiger partial charge in [0.05, 0.1) is 16.7 Å². The van der Waals surface area contributed by atoms with E-state index in [9.17, 15) is 18.4 Å². The van der Waals surface area contributed by atoms with Crippen LogP contribution >= 0.6 is 11.8 Å². The Morgan fingerprint density at radius 1 is 1.15 bits per heavy atom. The van der Waals surface area contributed by atoms with Crippen LogP contribution in [0.3, 0.4) is 0 Å². The highest BCUT2D eigenvalue weighted by atomic mass is 32.2. The van der Waals surface area contributed by atoms with Gasteiger partial charge in [0.1, 0.15) is 5.75 Å². The maximum Gasteiger partial charge on any atom is 0.387 e. The van der Waals surface area contributed by atoms with E-state index in [1.165, 1.54) is 23.9 Å². The predicted octanol–water partition coefficient (Wildman–Crippen LogP) is 3.81. The Morgan fingerprint density at radius 2 is 1.88 bits per heavy atom. The van der Waals surface area contributed by atoms with Crippen molar-refractivity contribution in [2.24, 2.45) is 0 Å². The Morgan fingerprint density at radius 3 is 2.59 bits per heavy atom. The maximum atomic E-state index is 12.9. The number of carbonyl (C=O) groups is 1. The molecule has 0 spiro atoms. The summed E-state index contributed by atoms with van der Waals surface area (Å²) in [5.74, 6) is 0.488. The molecule has 0 N–H and O–H groups in total. The van der Waals surface area contributed by atoms with Gasteiger partial charge in [-0.15, -0.1) is 10.2 Å². The van der Waals surface area contributed by atoms with Gasteiger partial charge in [-0.05, 0) is 36.2 Å². The molecule has 2 aromatic carbocycles. The monoisotopic (exact) mass is 487 g/mol. The molecular formula is C23H23F2N5O3S. The van der Waals surface area contributed by atoms with E-state index in [-0.39, 0.29) is 23.0 Å². The van der Waals surface area contributed by atoms with Crippen LogP contribution in [0.1, 0.15) is 18.9 Å². The topological polar surface area (TPSA) is 81.7 Å². The molecule has 2 aromatic heterocycles. The highest BCUT2D eigenvalue weighted by Gasteiger charge is 2.18. The van der Waals surface area contributed by atoms with Crippen molar-refractivity contribution in [1.82, 2.24) is 24.1 Å². The third-order valence-electron chi connectivity index (χ3n) is 5.24. The number of nitrogens with zero attached hydrogens (tertiary/aromatic N) is 5. The molecule has 2 heterocycles. The largest absolute Gasteiger partial charge is 0.435 e. The number of rotatable bonds is 9. The second-order valence-electron chi connectivity index (χ2n) is 7.65. The van der Waals surface area contributed by atoms with Gasteiger partial charge in [0, 0.05) is 20.1 Å². The van der Waals surface area contributed by atoms with Crippen LogP contribution in [0.15, 0.2) is 58.5 Å². The van der Waals surface area contributed by atoms with Crippen molar-refractivity contribution in [3.8, 4) is 5.75 Å². The third kappa shape index (κ3) is 4.89. The molecule has 0 saturated carbocycles. The molecule has 4 aromatic rings. The number of aryl methyl sites for hydroxylation is 1. The van der Waals surface area contributed by atoms with Crippen molar-refractivity contribution < 1.29 is 18.3 Å². The van der Waals surface area contributed by atoms with Gasteiger partial charge in [0.2, 0.25) is 11.7 Å². The standard InChI is InChI=1S/C23H23F2N5O3S/c1-3-12-29-20(32)17-6-4-5-7-18(17)30-22(29)26-27-23(30)34-14-19(31)28(2)13-15-8-10-16(11-9-15)33-21(24)25/h4-11,21H,3,12-14H2,1-2H3. The van der Waals surface area contributed by atoms with Crippen LogP contribution in [-0.2, 0) is 17.9 Å². The first kappa shape index (κ1) is 23.7. The highest BCUT2D eigenvalue weighted by Crippen LogP contribution is 2.22. The number of para-hydroxylation sites is 1. The van der Waals surface area contributed by atoms with Crippen molar-refractivity contribution >= 4 is 34.3 Å². The minimum Gasteiger partial charge on any atom is -0.435 e. The van der Waals surface area contributed by atoms with E-state index in [1.54, 1.807) is 34.7 Å². The number of carbonyl (C=O) groups excluding carboxylic acids is 1. The lowest BCUT2D eigenvalue weighted by atomic mass is 10.2. The van der Waals surface area contributed by atoms with Crippen molar-refractivity contribution in [3.05, 3.63) is 64.4 Å². The normalized spacial score (nSPS) is 11.4. The van der Waals surface area contributed by atoms with E-state index in [4.69, 9.17) is 0 Å². The fourth-order valence-corrected chi connectivity index (χ4v) is 4.51. The summed E-state index contributed by atoms with van der Waals surface area (Å²) in [5, 5.41) is 9.56. The molecule has 0 atom stereocenters. The van der Waals surface area contributed by atoms with Crippen LogP contribution in [0.5, 0.6) is 5.75 Å². The molecule has 1 amide bonds. The Kier molecular flexibility index (Phi) is 7.11. The molecule has 34 heavy (non-hydrogen) atoms. The summed E-state index contributed by atoms with van der Waals surface area (Å²) in [6.07, 6.45) is 0.766. The van der Waals surface area contributed by atoms with E-state index in [0.29, 0.717) is 34.9 Å². The fraction of sp³-hybridized carbons (Fsp3) is 0.304. The summed E-state index contributed by atoms with van der Waals surface area (Å²) in [6.45, 7) is -0.0702. The maximum absolute atomic E-state index is 12.9. The minimum atomic E-state index is -2.88. The molecule has 0 aliphatic rings. The van der Waals surface area contributed by atoms with Crippen LogP contribution in [0.25, 0.3) is 16.7 Å². The molecule has 0 fully saturated rings. The Bertz CT molecular complexity index is 1370. The van der Waals surface area contributed by atoms with Gasteiger partial charge < -0.3 is 9.64 Å². The zero-order chi connectivity index (χ0) is 24.2. The number of fused-ring (bicyclic) bond motifs is 3. The summed E-state index contributed by atoms with van der Waals surface area (Å²) in [6, 6.07) is 13.4. The molecular weight excluding hydrogens is 464 g/mol. The number of thioether (sulfide) groups is 1. The summed E-state index contributed by atoms with van der Waals surface area (Å²) in [4.78, 5) is 27.2. The van der Waals surface area contributed by atoms with Gasteiger partial charge in [-0.2, -0.15) is 8.78 Å². The van der Waals surface area contributed by atoms with Gasteiger partial charge >= 0.3 is 6.61 Å². The first-order valence-electron chi connectivity index (χ1n) is 10.7. The lowest BCUT2D eigenvalue weighted by Crippen LogP contribution is -2.28. The number of ether oxygens (including phenoxy) is 1. The summed E-state index contributed by atoms with van der Waals surface area (Å²) < 4.78 is 32.4. The van der Waals surface area contributed by atoms with E-state index >= 15 is 0 Å². The molecule has 8 nitrogen and oxygen atoms in total. The van der Waals surface area contributed by atoms with E-state index in [1.807, 2.05) is 29.5 Å². The van der Waals surface area contributed by atoms with E-state index in [0.717, 1.165) is 12.0 Å². The van der Waals surface area contributed by atoms with Crippen molar-refractivity contribution in [2.75, 3.05) is 12.8 Å². The Labute approximate surface area is 198 Å². The molecule has 0 bridgehead atoms. The number of alkyl halides is 2. The van der Waals surface area contributed by atoms with Crippen molar-refractivity contribution in [2.45, 2.75) is 38.2 Å².